The van der Waals surface area contributed by atoms with Gasteiger partial charge >= 0.3 is 0 Å². The first-order valence-electron chi connectivity index (χ1n) is 2.60. The van der Waals surface area contributed by atoms with Crippen LogP contribution in [0.5, 0.6) is 0 Å². The molecular formula is C5H6F2O2. The summed E-state index contributed by atoms with van der Waals surface area (Å²) in [6.07, 6.45) is -0.766. The number of hydrogen-bond acceptors (Lipinski definition) is 2. The quantitative estimate of drug-likeness (QED) is 0.531. The van der Waals surface area contributed by atoms with Crippen LogP contribution in [-0.2, 0) is 9.53 Å². The van der Waals surface area contributed by atoms with Crippen LogP contribution in [0.2, 0.25) is 0 Å². The molecule has 0 bridgehead atoms. The second-order valence-corrected chi connectivity index (χ2v) is 1.95. The van der Waals surface area contributed by atoms with Crippen LogP contribution in [0.4, 0.5) is 8.78 Å². The lowest BCUT2D eigenvalue weighted by Crippen LogP contribution is -2.05. The molecule has 0 aromatic carbocycles. The highest BCUT2D eigenvalue weighted by Crippen LogP contribution is 2.43. The minimum absolute atomic E-state index is 0.222. The maximum atomic E-state index is 11.9. The van der Waals surface area contributed by atoms with E-state index in [1.165, 1.54) is 0 Å². The van der Waals surface area contributed by atoms with Crippen LogP contribution in [0.25, 0.3) is 0 Å². The van der Waals surface area contributed by atoms with Gasteiger partial charge in [-0.2, -0.15) is 0 Å². The molecule has 0 heterocycles. The molecule has 1 aliphatic rings. The van der Waals surface area contributed by atoms with Crippen molar-refractivity contribution in [2.24, 2.45) is 0 Å². The molecular weight excluding hydrogens is 130 g/mol. The van der Waals surface area contributed by atoms with E-state index in [0.717, 1.165) is 0 Å². The van der Waals surface area contributed by atoms with E-state index in [9.17, 15) is 13.6 Å². The van der Waals surface area contributed by atoms with Crippen LogP contribution in [0.3, 0.4) is 0 Å². The number of carbonyl (C=O) groups is 1. The van der Waals surface area contributed by atoms with Crippen molar-refractivity contribution in [2.75, 3.05) is 6.61 Å². The zero-order chi connectivity index (χ0) is 6.91. The first kappa shape index (κ1) is 6.61. The molecule has 1 saturated carbocycles. The number of halogens is 2. The molecule has 52 valence electrons. The summed E-state index contributed by atoms with van der Waals surface area (Å²) in [6, 6.07) is 0. The van der Waals surface area contributed by atoms with Crippen LogP contribution in [-0.4, -0.2) is 24.9 Å². The van der Waals surface area contributed by atoms with E-state index in [1.54, 1.807) is 0 Å². The van der Waals surface area contributed by atoms with E-state index >= 15 is 0 Å². The minimum Gasteiger partial charge on any atom is -0.364 e. The minimum atomic E-state index is -2.66. The second-order valence-electron chi connectivity index (χ2n) is 1.95. The predicted octanol–water partition coefficient (Wildman–Crippen LogP) is 0.610. The molecule has 0 spiro atoms. The molecule has 0 saturated heterocycles. The summed E-state index contributed by atoms with van der Waals surface area (Å²) >= 11 is 0. The Morgan fingerprint density at radius 1 is 1.78 bits per heavy atom. The van der Waals surface area contributed by atoms with Crippen molar-refractivity contribution in [2.45, 2.75) is 18.4 Å². The molecule has 1 fully saturated rings. The largest absolute Gasteiger partial charge is 0.364 e. The second kappa shape index (κ2) is 2.02. The summed E-state index contributed by atoms with van der Waals surface area (Å²) in [5, 5.41) is 0. The lowest BCUT2D eigenvalue weighted by Gasteiger charge is -1.94. The van der Waals surface area contributed by atoms with Crippen molar-refractivity contribution in [1.29, 1.82) is 0 Å². The first-order chi connectivity index (χ1) is 4.17. The standard InChI is InChI=1S/C5H6F2O2/c6-5(7)3-4(5)9-2-1-8/h1,4H,2-3H2. The van der Waals surface area contributed by atoms with Crippen molar-refractivity contribution in [3.05, 3.63) is 0 Å². The Kier molecular flexibility index (Phi) is 1.48. The van der Waals surface area contributed by atoms with Gasteiger partial charge in [-0.15, -0.1) is 0 Å². The van der Waals surface area contributed by atoms with Crippen molar-refractivity contribution >= 4 is 6.29 Å². The highest BCUT2D eigenvalue weighted by Gasteiger charge is 2.58. The molecule has 1 unspecified atom stereocenters. The first-order valence-corrected chi connectivity index (χ1v) is 2.60. The van der Waals surface area contributed by atoms with Crippen LogP contribution < -0.4 is 0 Å². The average molecular weight is 136 g/mol. The van der Waals surface area contributed by atoms with Crippen molar-refractivity contribution in [3.63, 3.8) is 0 Å². The third-order valence-electron chi connectivity index (χ3n) is 1.13. The molecule has 0 aromatic heterocycles. The average Bonchev–Trinajstić information content (AvgIpc) is 2.35. The Hall–Kier alpha value is -0.510. The van der Waals surface area contributed by atoms with Gasteiger partial charge in [0.1, 0.15) is 19.0 Å². The van der Waals surface area contributed by atoms with Gasteiger partial charge in [-0.3, -0.25) is 0 Å². The highest BCUT2D eigenvalue weighted by atomic mass is 19.3. The van der Waals surface area contributed by atoms with Gasteiger partial charge < -0.3 is 9.53 Å². The van der Waals surface area contributed by atoms with Crippen molar-refractivity contribution in [1.82, 2.24) is 0 Å². The normalized spacial score (nSPS) is 29.8. The molecule has 1 atom stereocenters. The molecule has 4 heteroatoms. The van der Waals surface area contributed by atoms with Crippen LogP contribution >= 0.6 is 0 Å². The van der Waals surface area contributed by atoms with Crippen LogP contribution in [0.1, 0.15) is 6.42 Å². The van der Waals surface area contributed by atoms with Gasteiger partial charge in [0.25, 0.3) is 5.92 Å². The van der Waals surface area contributed by atoms with E-state index in [0.29, 0.717) is 6.29 Å². The van der Waals surface area contributed by atoms with E-state index in [2.05, 4.69) is 4.74 Å². The molecule has 0 N–H and O–H groups in total. The van der Waals surface area contributed by atoms with Crippen molar-refractivity contribution in [3.8, 4) is 0 Å². The summed E-state index contributed by atoms with van der Waals surface area (Å²) in [7, 11) is 0. The maximum Gasteiger partial charge on any atom is 0.276 e. The third-order valence-corrected chi connectivity index (χ3v) is 1.13. The van der Waals surface area contributed by atoms with Gasteiger partial charge in [0.05, 0.1) is 0 Å². The molecule has 0 amide bonds. The van der Waals surface area contributed by atoms with Gasteiger partial charge in [-0.25, -0.2) is 8.78 Å². The number of aldehydes is 1. The fourth-order valence-electron chi connectivity index (χ4n) is 0.525. The van der Waals surface area contributed by atoms with Crippen LogP contribution in [0.15, 0.2) is 0 Å². The summed E-state index contributed by atoms with van der Waals surface area (Å²) in [4.78, 5) is 9.58. The number of rotatable bonds is 3. The number of ether oxygens (including phenoxy) is 1. The van der Waals surface area contributed by atoms with Crippen molar-refractivity contribution < 1.29 is 18.3 Å². The Morgan fingerprint density at radius 2 is 2.33 bits per heavy atom. The Morgan fingerprint density at radius 3 is 2.67 bits per heavy atom. The van der Waals surface area contributed by atoms with E-state index in [-0.39, 0.29) is 13.0 Å². The molecule has 1 rings (SSSR count). The molecule has 0 radical (unpaired) electrons. The van der Waals surface area contributed by atoms with Crippen LogP contribution in [0, 0.1) is 0 Å². The van der Waals surface area contributed by atoms with E-state index < -0.39 is 12.0 Å². The third kappa shape index (κ3) is 1.45. The van der Waals surface area contributed by atoms with E-state index in [1.807, 2.05) is 0 Å². The Labute approximate surface area is 50.8 Å². The molecule has 9 heavy (non-hydrogen) atoms. The van der Waals surface area contributed by atoms with Gasteiger partial charge in [0.2, 0.25) is 0 Å². The Bertz CT molecular complexity index is 124. The van der Waals surface area contributed by atoms with E-state index in [4.69, 9.17) is 0 Å². The zero-order valence-electron chi connectivity index (χ0n) is 4.64. The summed E-state index contributed by atoms with van der Waals surface area (Å²) in [5.41, 5.74) is 0. The van der Waals surface area contributed by atoms with Gasteiger partial charge in [0, 0.05) is 6.42 Å². The molecule has 0 aliphatic heterocycles. The fourth-order valence-corrected chi connectivity index (χ4v) is 0.525. The smallest absolute Gasteiger partial charge is 0.276 e. The fraction of sp³-hybridized carbons (Fsp3) is 0.800. The predicted molar refractivity (Wildman–Crippen MR) is 25.4 cm³/mol. The lowest BCUT2D eigenvalue weighted by molar-refractivity contribution is -0.113. The zero-order valence-corrected chi connectivity index (χ0v) is 4.64. The monoisotopic (exact) mass is 136 g/mol. The summed E-state index contributed by atoms with van der Waals surface area (Å²) in [5.74, 6) is -2.66. The number of alkyl halides is 2. The molecule has 0 aromatic rings. The molecule has 2 nitrogen and oxygen atoms in total. The summed E-state index contributed by atoms with van der Waals surface area (Å²) < 4.78 is 28.2. The topological polar surface area (TPSA) is 26.3 Å². The Balaban J connectivity index is 2.12. The highest BCUT2D eigenvalue weighted by molar-refractivity contribution is 5.50. The maximum absolute atomic E-state index is 11.9. The molecule has 1 aliphatic carbocycles. The number of hydrogen-bond donors (Lipinski definition) is 0. The lowest BCUT2D eigenvalue weighted by atomic mass is 10.7. The number of carbonyl (C=O) groups excluding carboxylic acids is 1. The van der Waals surface area contributed by atoms with Gasteiger partial charge in [0.15, 0.2) is 0 Å². The summed E-state index contributed by atoms with van der Waals surface area (Å²) in [6.45, 7) is -0.222. The van der Waals surface area contributed by atoms with Gasteiger partial charge in [-0.05, 0) is 0 Å². The SMILES string of the molecule is O=CCOC1CC1(F)F. The van der Waals surface area contributed by atoms with Gasteiger partial charge in [-0.1, -0.05) is 0 Å².